The first kappa shape index (κ1) is 118. The van der Waals surface area contributed by atoms with Crippen molar-refractivity contribution in [2.45, 2.75) is 219 Å². The SMILES string of the molecule is NCCCC[C@H]1NC(=O)[C@H](CCCN=C(N)N)NC(=O)[C@@H](Cc2ccc(O)cc2)NC(=O)[C@H](NC(=O)[C@@H](NC(=O)[C@H](CCCN=C(N)N)NC(=O)[C@@H](N)CCCN=C(N)N)c2ccc3ccccc3c2)CSSC[C@H](C(=O)N[C@@H](CCCN=C(N)N)C(N)=O)NC(=O)[C@H](CCCNC(N)=O)NC(=O)[C@H](CCCN=C(N)N)NC(=O)[C@H](Cc2ccc(O)cc2)NC(=O)[C@H]2CCCN2C(=O)[C@H](CCCNC(N)=O)NC1=O. The number of hydrogen-bond acceptors (Lipinski definition) is 27. The normalized spacial score (nSPS) is 20.1. The molecule has 0 spiro atoms. The number of fused-ring (bicyclic) bond motifs is 2. The minimum absolute atomic E-state index is 0.0249. The van der Waals surface area contributed by atoms with Crippen molar-refractivity contribution in [2.24, 2.45) is 111 Å². The van der Waals surface area contributed by atoms with Crippen molar-refractivity contribution in [1.29, 1.82) is 0 Å². The van der Waals surface area contributed by atoms with Crippen LogP contribution in [-0.2, 0) is 80.0 Å². The second-order valence-electron chi connectivity index (χ2n) is 34.1. The molecule has 790 valence electrons. The Morgan fingerprint density at radius 3 is 1.31 bits per heavy atom. The number of urea groups is 2. The first-order chi connectivity index (χ1) is 68.6. The van der Waals surface area contributed by atoms with Gasteiger partial charge in [-0.25, -0.2) is 9.59 Å². The first-order valence-electron chi connectivity index (χ1n) is 46.9. The standard InChI is InChI=1S/C89H139N35O18S2/c90-34-4-3-16-57-73(131)118-62(22-11-41-111-89(104)142)82(140)124-42-12-23-67(124)80(138)120-64(44-49-26-32-54(126)33-27-49)77(135)117-59(19-8-38-108-86(99)100)72(130)115-60(21-10-40-110-88(103)141)74(132)121-65(78(136)112-56(69(92)127)17-6-36-106-84(95)96)46-143-144-47-66(79(137)119-63(43-48-24-30-53(125)31-25-48)76(134)116-58(71(129)114-57)18-7-37-107-85(97)98)122-81(139)68(52-29-28-50-13-1-2-14-51(50)45-52)123-75(133)61(20-9-39-109-87(101)102)113-70(128)55(91)15-5-35-105-83(93)94/h1-2,13-14,24-33,45,55-68,125-126H,3-12,15-23,34-44,46-47,90-91H2,(H2,92,127)(H,112,136)(H,113,128)(H,114,129)(H,115,130)(H,116,134)(H,117,135)(H,118,131)(H,119,137)(H,120,138)(H,121,132)(H,122,139)(H,123,133)(H4,93,94,105)(H4,95,96,106)(H4,97,98,107)(H4,99,100,108)(H4,101,102,109)(H3,103,110,141)(H3,104,111,142)/t55-,56-,57+,58-,59-,60-,61-,62-,63+,64-,65+,66+,67+,68-/m0/s1. The van der Waals surface area contributed by atoms with Gasteiger partial charge in [0.15, 0.2) is 29.8 Å². The fraction of sp³-hybridized carbons (Fsp3) is 0.517. The predicted octanol–water partition coefficient (Wildman–Crippen LogP) is -8.28. The maximum absolute atomic E-state index is 16.1. The maximum Gasteiger partial charge on any atom is 0.312 e. The fourth-order valence-corrected chi connectivity index (χ4v) is 17.6. The third kappa shape index (κ3) is 43.1. The zero-order chi connectivity index (χ0) is 106. The van der Waals surface area contributed by atoms with Crippen molar-refractivity contribution in [1.82, 2.24) is 79.3 Å². The summed E-state index contributed by atoms with van der Waals surface area (Å²) in [6, 6.07) is -2.42. The molecule has 0 aliphatic carbocycles. The van der Waals surface area contributed by atoms with Crippen molar-refractivity contribution < 1.29 is 86.9 Å². The molecule has 14 atom stereocenters. The van der Waals surface area contributed by atoms with E-state index in [0.29, 0.717) is 16.3 Å². The zero-order valence-electron chi connectivity index (χ0n) is 80.0. The Labute approximate surface area is 839 Å². The molecule has 2 heterocycles. The molecule has 6 rings (SSSR count). The summed E-state index contributed by atoms with van der Waals surface area (Å²) in [5.74, 6) is -17.5. The van der Waals surface area contributed by atoms with Crippen molar-refractivity contribution in [3.05, 3.63) is 108 Å². The lowest BCUT2D eigenvalue weighted by molar-refractivity contribution is -0.142. The number of phenolic OH excluding ortho intramolecular Hbond substituents is 2. The number of nitrogens with zero attached hydrogens (tertiary/aromatic N) is 6. The number of phenols is 2. The molecule has 2 aliphatic rings. The molecule has 2 fully saturated rings. The summed E-state index contributed by atoms with van der Waals surface area (Å²) in [6.45, 7) is -0.715. The number of guanidine groups is 5. The van der Waals surface area contributed by atoms with E-state index >= 15 is 57.5 Å². The minimum Gasteiger partial charge on any atom is -0.508 e. The molecule has 55 heteroatoms. The van der Waals surface area contributed by atoms with Crippen molar-refractivity contribution >= 4 is 157 Å². The van der Waals surface area contributed by atoms with Crippen LogP contribution in [0.15, 0.2) is 116 Å². The molecular formula is C89H139N35O18S2. The van der Waals surface area contributed by atoms with Crippen LogP contribution in [0.5, 0.6) is 11.5 Å². The number of unbranched alkanes of at least 4 members (excludes halogenated alkanes) is 1. The fourth-order valence-electron chi connectivity index (χ4n) is 15.2. The van der Waals surface area contributed by atoms with Gasteiger partial charge in [0.1, 0.15) is 90.0 Å². The molecule has 53 nitrogen and oxygen atoms in total. The molecule has 4 aromatic rings. The molecule has 46 N–H and O–H groups in total. The van der Waals surface area contributed by atoms with Crippen molar-refractivity contribution in [3.63, 3.8) is 0 Å². The average molecular weight is 2050 g/mol. The third-order valence-electron chi connectivity index (χ3n) is 22.7. The third-order valence-corrected chi connectivity index (χ3v) is 25.2. The van der Waals surface area contributed by atoms with Crippen LogP contribution in [0.2, 0.25) is 0 Å². The largest absolute Gasteiger partial charge is 0.508 e. The predicted molar refractivity (Wildman–Crippen MR) is 543 cm³/mol. The molecule has 0 radical (unpaired) electrons. The summed E-state index contributed by atoms with van der Waals surface area (Å²) in [7, 11) is 1.50. The lowest BCUT2D eigenvalue weighted by Gasteiger charge is -2.31. The van der Waals surface area contributed by atoms with Crippen molar-refractivity contribution in [2.75, 3.05) is 70.4 Å². The summed E-state index contributed by atoms with van der Waals surface area (Å²) in [5.41, 5.74) is 86.4. The number of nitrogens with two attached hydrogens (primary N) is 15. The van der Waals surface area contributed by atoms with Crippen LogP contribution in [0, 0.1) is 0 Å². The van der Waals surface area contributed by atoms with E-state index < -0.39 is 197 Å². The van der Waals surface area contributed by atoms with Crippen LogP contribution in [0.4, 0.5) is 9.59 Å². The highest BCUT2D eigenvalue weighted by Gasteiger charge is 2.43. The summed E-state index contributed by atoms with van der Waals surface area (Å²) in [6.07, 6.45) is -2.07. The van der Waals surface area contributed by atoms with E-state index in [2.05, 4.69) is 99.4 Å². The van der Waals surface area contributed by atoms with Crippen LogP contribution >= 0.6 is 21.6 Å². The van der Waals surface area contributed by atoms with Gasteiger partial charge in [0.05, 0.1) is 6.04 Å². The van der Waals surface area contributed by atoms with Crippen LogP contribution in [-0.4, -0.2) is 289 Å². The number of aliphatic imine (C=N–C) groups is 5. The lowest BCUT2D eigenvalue weighted by Crippen LogP contribution is -2.61. The molecule has 144 heavy (non-hydrogen) atoms. The number of primary amides is 3. The molecule has 18 amide bonds. The van der Waals surface area contributed by atoms with E-state index in [1.807, 2.05) is 0 Å². The van der Waals surface area contributed by atoms with E-state index in [0.717, 1.165) is 21.6 Å². The highest BCUT2D eigenvalue weighted by atomic mass is 33.1. The molecule has 4 aromatic carbocycles. The van der Waals surface area contributed by atoms with Gasteiger partial charge >= 0.3 is 12.1 Å². The quantitative estimate of drug-likeness (QED) is 0.00845. The lowest BCUT2D eigenvalue weighted by atomic mass is 10.00. The van der Waals surface area contributed by atoms with Gasteiger partial charge in [-0.1, -0.05) is 82.3 Å². The number of rotatable bonds is 46. The van der Waals surface area contributed by atoms with Gasteiger partial charge in [-0.3, -0.25) is 92.1 Å². The first-order valence-corrected chi connectivity index (χ1v) is 49.4. The van der Waals surface area contributed by atoms with E-state index in [-0.39, 0.29) is 240 Å². The van der Waals surface area contributed by atoms with E-state index in [1.54, 1.807) is 36.4 Å². The topological polar surface area (TPSA) is 937 Å². The van der Waals surface area contributed by atoms with Gasteiger partial charge < -0.3 is 176 Å². The second-order valence-corrected chi connectivity index (χ2v) is 36.7. The van der Waals surface area contributed by atoms with Crippen LogP contribution in [0.3, 0.4) is 0 Å². The number of aromatic hydroxyl groups is 2. The number of nitrogens with one attached hydrogen (secondary N) is 14. The number of carbonyl (C=O) groups is 16. The van der Waals surface area contributed by atoms with Gasteiger partial charge in [0.25, 0.3) is 0 Å². The maximum atomic E-state index is 16.1. The Bertz CT molecular complexity index is 5140. The summed E-state index contributed by atoms with van der Waals surface area (Å²) < 4.78 is 0. The summed E-state index contributed by atoms with van der Waals surface area (Å²) >= 11 is 0. The summed E-state index contributed by atoms with van der Waals surface area (Å²) in [4.78, 5) is 259. The van der Waals surface area contributed by atoms with Gasteiger partial charge in [0.2, 0.25) is 82.7 Å². The number of hydrogen-bond donors (Lipinski definition) is 31. The molecule has 0 aromatic heterocycles. The van der Waals surface area contributed by atoms with E-state index in [1.165, 1.54) is 59.5 Å². The second kappa shape index (κ2) is 62.2. The molecular weight excluding hydrogens is 1910 g/mol. The Morgan fingerprint density at radius 1 is 0.417 bits per heavy atom. The highest BCUT2D eigenvalue weighted by Crippen LogP contribution is 2.28. The minimum atomic E-state index is -1.92. The zero-order valence-corrected chi connectivity index (χ0v) is 81.6. The van der Waals surface area contributed by atoms with Gasteiger partial charge in [0, 0.05) is 76.7 Å². The Morgan fingerprint density at radius 2 is 0.833 bits per heavy atom. The van der Waals surface area contributed by atoms with Crippen LogP contribution < -0.4 is 160 Å². The Balaban J connectivity index is 1.63. The number of benzene rings is 4. The van der Waals surface area contributed by atoms with E-state index in [4.69, 9.17) is 86.0 Å². The molecule has 0 saturated carbocycles. The highest BCUT2D eigenvalue weighted by molar-refractivity contribution is 8.76. The van der Waals surface area contributed by atoms with E-state index in [9.17, 15) is 29.4 Å². The van der Waals surface area contributed by atoms with Crippen LogP contribution in [0.1, 0.15) is 145 Å². The summed E-state index contributed by atoms with van der Waals surface area (Å²) in [5, 5.41) is 59.3. The molecule has 0 unspecified atom stereocenters. The molecule has 2 aliphatic heterocycles. The van der Waals surface area contributed by atoms with Gasteiger partial charge in [-0.15, -0.1) is 0 Å². The molecule has 2 saturated heterocycles. The van der Waals surface area contributed by atoms with Gasteiger partial charge in [-0.2, -0.15) is 0 Å². The number of amides is 18. The average Bonchev–Trinajstić information content (AvgIpc) is 1.61. The smallest absolute Gasteiger partial charge is 0.312 e. The Hall–Kier alpha value is -15.2. The monoisotopic (exact) mass is 2050 g/mol. The van der Waals surface area contributed by atoms with Crippen LogP contribution in [0.25, 0.3) is 10.8 Å². The van der Waals surface area contributed by atoms with Gasteiger partial charge in [-0.05, 0) is 186 Å². The number of carbonyl (C=O) groups excluding carboxylic acids is 16. The Kier molecular flexibility index (Phi) is 50.8. The molecule has 0 bridgehead atoms. The van der Waals surface area contributed by atoms with Crippen molar-refractivity contribution in [3.8, 4) is 11.5 Å².